The van der Waals surface area contributed by atoms with Crippen LogP contribution in [0.4, 0.5) is 5.69 Å². The minimum Gasteiger partial charge on any atom is -0.497 e. The Morgan fingerprint density at radius 1 is 1.00 bits per heavy atom. The monoisotopic (exact) mass is 441 g/mol. The second-order valence-electron chi connectivity index (χ2n) is 7.62. The molecule has 1 aliphatic rings. The fourth-order valence-electron chi connectivity index (χ4n) is 4.20. The Labute approximate surface area is 192 Å². The molecule has 2 atom stereocenters. The molecule has 1 aliphatic heterocycles. The first-order valence-electron chi connectivity index (χ1n) is 10.4. The molecule has 32 heavy (non-hydrogen) atoms. The number of rotatable bonds is 6. The van der Waals surface area contributed by atoms with Gasteiger partial charge in [0.15, 0.2) is 5.11 Å². The van der Waals surface area contributed by atoms with Gasteiger partial charge in [0, 0.05) is 42.7 Å². The molecule has 1 saturated heterocycles. The summed E-state index contributed by atoms with van der Waals surface area (Å²) in [5, 5.41) is 4.19. The first-order chi connectivity index (χ1) is 15.7. The maximum Gasteiger partial charge on any atom is 0.174 e. The average Bonchev–Trinajstić information content (AvgIpc) is 3.44. The molecule has 0 radical (unpaired) electrons. The van der Waals surface area contributed by atoms with E-state index in [2.05, 4.69) is 49.1 Å². The van der Waals surface area contributed by atoms with Crippen LogP contribution in [-0.4, -0.2) is 26.8 Å². The molecule has 0 spiro atoms. The SMILES string of the molecule is COc1ccc(N2C(=S)N[C@@H](c3ccccn3)[C@H]2c2cccn2Cc2cccnc2)cc1. The Bertz CT molecular complexity index is 1190. The van der Waals surface area contributed by atoms with Crippen molar-refractivity contribution < 1.29 is 4.74 Å². The van der Waals surface area contributed by atoms with Crippen molar-refractivity contribution in [1.82, 2.24) is 19.9 Å². The van der Waals surface area contributed by atoms with Gasteiger partial charge >= 0.3 is 0 Å². The lowest BCUT2D eigenvalue weighted by Gasteiger charge is -2.29. The zero-order valence-electron chi connectivity index (χ0n) is 17.6. The number of ether oxygens (including phenoxy) is 1. The third-order valence-corrected chi connectivity index (χ3v) is 6.01. The first-order valence-corrected chi connectivity index (χ1v) is 10.8. The zero-order chi connectivity index (χ0) is 21.9. The van der Waals surface area contributed by atoms with Gasteiger partial charge in [0.05, 0.1) is 18.8 Å². The molecular formula is C25H23N5OS. The van der Waals surface area contributed by atoms with Gasteiger partial charge in [0.1, 0.15) is 11.8 Å². The second kappa shape index (κ2) is 8.80. The molecule has 160 valence electrons. The van der Waals surface area contributed by atoms with Crippen LogP contribution >= 0.6 is 12.2 Å². The lowest BCUT2D eigenvalue weighted by Crippen LogP contribution is -2.30. The van der Waals surface area contributed by atoms with E-state index < -0.39 is 0 Å². The van der Waals surface area contributed by atoms with E-state index in [4.69, 9.17) is 17.0 Å². The molecule has 0 saturated carbocycles. The molecule has 0 bridgehead atoms. The number of hydrogen-bond donors (Lipinski definition) is 1. The summed E-state index contributed by atoms with van der Waals surface area (Å²) < 4.78 is 7.60. The molecule has 0 aliphatic carbocycles. The van der Waals surface area contributed by atoms with E-state index >= 15 is 0 Å². The van der Waals surface area contributed by atoms with Gasteiger partial charge in [0.25, 0.3) is 0 Å². The van der Waals surface area contributed by atoms with Gasteiger partial charge < -0.3 is 19.5 Å². The van der Waals surface area contributed by atoms with Crippen molar-refractivity contribution in [3.8, 4) is 5.75 Å². The highest BCUT2D eigenvalue weighted by Gasteiger charge is 2.42. The Morgan fingerprint density at radius 2 is 1.88 bits per heavy atom. The number of anilines is 1. The summed E-state index contributed by atoms with van der Waals surface area (Å²) in [6, 6.07) is 22.1. The molecule has 1 N–H and O–H groups in total. The largest absolute Gasteiger partial charge is 0.497 e. The number of hydrogen-bond acceptors (Lipinski definition) is 4. The average molecular weight is 442 g/mol. The number of pyridine rings is 2. The van der Waals surface area contributed by atoms with Crippen LogP contribution < -0.4 is 15.0 Å². The highest BCUT2D eigenvalue weighted by Crippen LogP contribution is 2.42. The molecule has 4 heterocycles. The van der Waals surface area contributed by atoms with E-state index in [0.29, 0.717) is 5.11 Å². The molecule has 1 fully saturated rings. The maximum absolute atomic E-state index is 5.82. The van der Waals surface area contributed by atoms with E-state index in [1.54, 1.807) is 13.3 Å². The number of benzene rings is 1. The molecule has 4 aromatic rings. The number of aromatic nitrogens is 3. The van der Waals surface area contributed by atoms with Crippen molar-refractivity contribution in [2.24, 2.45) is 0 Å². The smallest absolute Gasteiger partial charge is 0.174 e. The topological polar surface area (TPSA) is 55.2 Å². The summed E-state index contributed by atoms with van der Waals surface area (Å²) in [4.78, 5) is 11.1. The minimum absolute atomic E-state index is 0.0718. The lowest BCUT2D eigenvalue weighted by atomic mass is 10.0. The normalized spacial score (nSPS) is 17.9. The number of methoxy groups -OCH3 is 1. The molecule has 0 amide bonds. The zero-order valence-corrected chi connectivity index (χ0v) is 18.4. The van der Waals surface area contributed by atoms with Crippen molar-refractivity contribution in [3.05, 3.63) is 108 Å². The van der Waals surface area contributed by atoms with E-state index in [0.717, 1.165) is 34.9 Å². The predicted molar refractivity (Wildman–Crippen MR) is 129 cm³/mol. The predicted octanol–water partition coefficient (Wildman–Crippen LogP) is 4.51. The third kappa shape index (κ3) is 3.83. The summed E-state index contributed by atoms with van der Waals surface area (Å²) >= 11 is 5.82. The maximum atomic E-state index is 5.82. The Hall–Kier alpha value is -3.71. The van der Waals surface area contributed by atoms with E-state index in [1.807, 2.05) is 60.9 Å². The molecule has 6 nitrogen and oxygen atoms in total. The van der Waals surface area contributed by atoms with Gasteiger partial charge in [0.2, 0.25) is 0 Å². The van der Waals surface area contributed by atoms with Crippen LogP contribution in [0.5, 0.6) is 5.75 Å². The van der Waals surface area contributed by atoms with Gasteiger partial charge in [-0.1, -0.05) is 12.1 Å². The molecule has 0 unspecified atom stereocenters. The van der Waals surface area contributed by atoms with E-state index in [9.17, 15) is 0 Å². The summed E-state index contributed by atoms with van der Waals surface area (Å²) in [6.07, 6.45) is 7.62. The fraction of sp³-hybridized carbons (Fsp3) is 0.160. The Morgan fingerprint density at radius 3 is 2.59 bits per heavy atom. The number of thiocarbonyl (C=S) groups is 1. The highest BCUT2D eigenvalue weighted by molar-refractivity contribution is 7.80. The van der Waals surface area contributed by atoms with Crippen LogP contribution in [0.25, 0.3) is 0 Å². The van der Waals surface area contributed by atoms with Crippen LogP contribution in [0.1, 0.15) is 29.0 Å². The van der Waals surface area contributed by atoms with Gasteiger partial charge in [-0.3, -0.25) is 9.97 Å². The highest BCUT2D eigenvalue weighted by atomic mass is 32.1. The fourth-order valence-corrected chi connectivity index (χ4v) is 4.55. The summed E-state index contributed by atoms with van der Waals surface area (Å²) in [6.45, 7) is 0.727. The van der Waals surface area contributed by atoms with Crippen molar-refractivity contribution >= 4 is 23.0 Å². The van der Waals surface area contributed by atoms with Gasteiger partial charge in [-0.25, -0.2) is 0 Å². The van der Waals surface area contributed by atoms with Crippen molar-refractivity contribution in [1.29, 1.82) is 0 Å². The van der Waals surface area contributed by atoms with Gasteiger partial charge in [-0.2, -0.15) is 0 Å². The van der Waals surface area contributed by atoms with Crippen molar-refractivity contribution in [2.45, 2.75) is 18.6 Å². The second-order valence-corrected chi connectivity index (χ2v) is 8.00. The summed E-state index contributed by atoms with van der Waals surface area (Å²) in [7, 11) is 1.67. The van der Waals surface area contributed by atoms with Crippen molar-refractivity contribution in [3.63, 3.8) is 0 Å². The molecule has 5 rings (SSSR count). The third-order valence-electron chi connectivity index (χ3n) is 5.69. The first kappa shape index (κ1) is 20.2. The molecule has 1 aromatic carbocycles. The Balaban J connectivity index is 1.59. The standard InChI is InChI=1S/C25H23N5OS/c1-31-20-11-9-19(10-12-20)30-24(23(28-25(30)32)21-7-2-3-14-27-21)22-8-5-15-29(22)17-18-6-4-13-26-16-18/h2-16,23-24H,17H2,1H3,(H,28,32)/t23-,24+/m0/s1. The lowest BCUT2D eigenvalue weighted by molar-refractivity contribution is 0.415. The van der Waals surface area contributed by atoms with Crippen LogP contribution in [0.15, 0.2) is 91.5 Å². The summed E-state index contributed by atoms with van der Waals surface area (Å²) in [5.41, 5.74) is 4.24. The van der Waals surface area contributed by atoms with Gasteiger partial charge in [-0.05, 0) is 72.4 Å². The number of nitrogens with one attached hydrogen (secondary N) is 1. The van der Waals surface area contributed by atoms with Crippen molar-refractivity contribution in [2.75, 3.05) is 12.0 Å². The van der Waals surface area contributed by atoms with Crippen LogP contribution in [0.3, 0.4) is 0 Å². The summed E-state index contributed by atoms with van der Waals surface area (Å²) in [5.74, 6) is 0.810. The number of nitrogens with zero attached hydrogens (tertiary/aromatic N) is 4. The minimum atomic E-state index is -0.0895. The molecule has 7 heteroatoms. The van der Waals surface area contributed by atoms with Crippen LogP contribution in [0, 0.1) is 0 Å². The van der Waals surface area contributed by atoms with Crippen LogP contribution in [-0.2, 0) is 6.54 Å². The molecular weight excluding hydrogens is 418 g/mol. The van der Waals surface area contributed by atoms with Crippen LogP contribution in [0.2, 0.25) is 0 Å². The molecule has 3 aromatic heterocycles. The van der Waals surface area contributed by atoms with E-state index in [-0.39, 0.29) is 12.1 Å². The Kier molecular flexibility index (Phi) is 5.56. The van der Waals surface area contributed by atoms with Gasteiger partial charge in [-0.15, -0.1) is 0 Å². The quantitative estimate of drug-likeness (QED) is 0.444. The van der Waals surface area contributed by atoms with E-state index in [1.165, 1.54) is 0 Å².